The number of nitrogens with one attached hydrogen (secondary N) is 1. The fraction of sp³-hybridized carbons (Fsp3) is 0.133. The number of nitrogens with two attached hydrogens (primary N) is 1. The van der Waals surface area contributed by atoms with Crippen molar-refractivity contribution >= 4 is 37.7 Å². The van der Waals surface area contributed by atoms with Crippen molar-refractivity contribution in [3.8, 4) is 0 Å². The third-order valence-electron chi connectivity index (χ3n) is 3.64. The topological polar surface area (TPSA) is 55.3 Å². The molecule has 0 saturated carbocycles. The zero-order chi connectivity index (χ0) is 14.2. The molecule has 4 rings (SSSR count). The van der Waals surface area contributed by atoms with Gasteiger partial charge in [0.25, 0.3) is 0 Å². The molecule has 1 aromatic carbocycles. The molecular weight excluding hydrogens is 300 g/mol. The molecule has 0 spiro atoms. The summed E-state index contributed by atoms with van der Waals surface area (Å²) in [6, 6.07) is 8.50. The standard InChI is InChI=1S/C15H14N4S2/c16-18-13(7-10-8-19-5-6-20-15(19)17-10)12-9-21-14-4-2-1-3-11(12)14/h1-6,8-9,13,18H,7,16H2. The van der Waals surface area contributed by atoms with Gasteiger partial charge in [0.1, 0.15) is 0 Å². The molecule has 3 heterocycles. The van der Waals surface area contributed by atoms with Gasteiger partial charge in [0, 0.05) is 28.9 Å². The molecule has 0 aliphatic carbocycles. The van der Waals surface area contributed by atoms with Gasteiger partial charge in [0.15, 0.2) is 4.96 Å². The first-order valence-corrected chi connectivity index (χ1v) is 8.44. The van der Waals surface area contributed by atoms with Crippen LogP contribution in [-0.4, -0.2) is 9.38 Å². The Labute approximate surface area is 129 Å². The molecule has 106 valence electrons. The summed E-state index contributed by atoms with van der Waals surface area (Å²) in [5.74, 6) is 5.80. The Balaban J connectivity index is 1.69. The van der Waals surface area contributed by atoms with Crippen molar-refractivity contribution in [3.63, 3.8) is 0 Å². The molecule has 3 aromatic heterocycles. The molecular formula is C15H14N4S2. The Bertz CT molecular complexity index is 861. The van der Waals surface area contributed by atoms with E-state index in [1.807, 2.05) is 11.6 Å². The first kappa shape index (κ1) is 13.0. The van der Waals surface area contributed by atoms with Gasteiger partial charge in [-0.2, -0.15) is 0 Å². The number of thiophene rings is 1. The highest BCUT2D eigenvalue weighted by atomic mass is 32.1. The average Bonchev–Trinajstić information content (AvgIpc) is 3.18. The van der Waals surface area contributed by atoms with Crippen molar-refractivity contribution < 1.29 is 0 Å². The van der Waals surface area contributed by atoms with Crippen molar-refractivity contribution in [1.29, 1.82) is 0 Å². The second-order valence-corrected chi connectivity index (χ2v) is 6.72. The molecule has 0 saturated heterocycles. The number of fused-ring (bicyclic) bond motifs is 2. The Morgan fingerprint density at radius 1 is 1.29 bits per heavy atom. The molecule has 0 aliphatic rings. The zero-order valence-electron chi connectivity index (χ0n) is 11.2. The fourth-order valence-corrected chi connectivity index (χ4v) is 4.34. The first-order valence-electron chi connectivity index (χ1n) is 6.68. The SMILES string of the molecule is NNC(Cc1cn2ccsc2n1)c1csc2ccccc12. The van der Waals surface area contributed by atoms with E-state index in [1.165, 1.54) is 15.6 Å². The summed E-state index contributed by atoms with van der Waals surface area (Å²) in [5.41, 5.74) is 5.24. The number of hydrazine groups is 1. The molecule has 4 aromatic rings. The third-order valence-corrected chi connectivity index (χ3v) is 5.40. The van der Waals surface area contributed by atoms with E-state index in [2.05, 4.69) is 50.7 Å². The molecule has 1 atom stereocenters. The number of imidazole rings is 1. The summed E-state index contributed by atoms with van der Waals surface area (Å²) >= 11 is 3.40. The van der Waals surface area contributed by atoms with Gasteiger partial charge in [-0.3, -0.25) is 15.7 Å². The number of benzene rings is 1. The maximum Gasteiger partial charge on any atom is 0.193 e. The number of hydrogen-bond donors (Lipinski definition) is 2. The van der Waals surface area contributed by atoms with Gasteiger partial charge >= 0.3 is 0 Å². The van der Waals surface area contributed by atoms with E-state index in [0.717, 1.165) is 17.1 Å². The van der Waals surface area contributed by atoms with Crippen molar-refractivity contribution in [2.24, 2.45) is 5.84 Å². The molecule has 0 amide bonds. The van der Waals surface area contributed by atoms with E-state index in [-0.39, 0.29) is 6.04 Å². The summed E-state index contributed by atoms with van der Waals surface area (Å²) in [4.78, 5) is 5.66. The Kier molecular flexibility index (Phi) is 3.23. The van der Waals surface area contributed by atoms with E-state index in [4.69, 9.17) is 5.84 Å². The first-order chi connectivity index (χ1) is 10.3. The van der Waals surface area contributed by atoms with Crippen LogP contribution in [0.25, 0.3) is 15.0 Å². The molecule has 0 radical (unpaired) electrons. The van der Waals surface area contributed by atoms with Crippen LogP contribution in [0, 0.1) is 0 Å². The number of hydrogen-bond acceptors (Lipinski definition) is 5. The van der Waals surface area contributed by atoms with Crippen LogP contribution in [0.3, 0.4) is 0 Å². The Hall–Kier alpha value is -1.73. The largest absolute Gasteiger partial charge is 0.297 e. The van der Waals surface area contributed by atoms with Gasteiger partial charge in [-0.25, -0.2) is 4.98 Å². The highest BCUT2D eigenvalue weighted by molar-refractivity contribution is 7.17. The summed E-state index contributed by atoms with van der Waals surface area (Å²) in [6.45, 7) is 0. The van der Waals surface area contributed by atoms with Crippen LogP contribution in [0.5, 0.6) is 0 Å². The lowest BCUT2D eigenvalue weighted by Gasteiger charge is -2.14. The molecule has 0 fully saturated rings. The van der Waals surface area contributed by atoms with Gasteiger partial charge in [-0.05, 0) is 22.4 Å². The highest BCUT2D eigenvalue weighted by Gasteiger charge is 2.17. The zero-order valence-corrected chi connectivity index (χ0v) is 12.8. The van der Waals surface area contributed by atoms with E-state index < -0.39 is 0 Å². The highest BCUT2D eigenvalue weighted by Crippen LogP contribution is 2.31. The number of rotatable bonds is 4. The van der Waals surface area contributed by atoms with Crippen molar-refractivity contribution in [3.05, 3.63) is 58.7 Å². The molecule has 0 aliphatic heterocycles. The van der Waals surface area contributed by atoms with Crippen LogP contribution < -0.4 is 11.3 Å². The van der Waals surface area contributed by atoms with Gasteiger partial charge in [-0.1, -0.05) is 18.2 Å². The second-order valence-electron chi connectivity index (χ2n) is 4.94. The lowest BCUT2D eigenvalue weighted by atomic mass is 10.0. The van der Waals surface area contributed by atoms with Gasteiger partial charge in [0.2, 0.25) is 0 Å². The quantitative estimate of drug-likeness (QED) is 0.448. The minimum atomic E-state index is 0.0748. The van der Waals surface area contributed by atoms with Crippen molar-refractivity contribution in [2.75, 3.05) is 0 Å². The Morgan fingerprint density at radius 3 is 3.05 bits per heavy atom. The average molecular weight is 314 g/mol. The normalized spacial score (nSPS) is 13.2. The van der Waals surface area contributed by atoms with Gasteiger partial charge < -0.3 is 0 Å². The summed E-state index contributed by atoms with van der Waals surface area (Å²) < 4.78 is 3.35. The second kappa shape index (κ2) is 5.23. The predicted molar refractivity (Wildman–Crippen MR) is 88.7 cm³/mol. The van der Waals surface area contributed by atoms with Crippen LogP contribution in [0.15, 0.2) is 47.4 Å². The molecule has 3 N–H and O–H groups in total. The summed E-state index contributed by atoms with van der Waals surface area (Å²) in [5, 5.41) is 5.50. The van der Waals surface area contributed by atoms with E-state index in [9.17, 15) is 0 Å². The Morgan fingerprint density at radius 2 is 2.19 bits per heavy atom. The van der Waals surface area contributed by atoms with Crippen molar-refractivity contribution in [1.82, 2.24) is 14.8 Å². The van der Waals surface area contributed by atoms with Gasteiger partial charge in [-0.15, -0.1) is 22.7 Å². The number of nitrogens with zero attached hydrogens (tertiary/aromatic N) is 2. The third kappa shape index (κ3) is 2.26. The van der Waals surface area contributed by atoms with Crippen LogP contribution in [0.1, 0.15) is 17.3 Å². The molecule has 4 nitrogen and oxygen atoms in total. The minimum Gasteiger partial charge on any atom is -0.297 e. The summed E-state index contributed by atoms with van der Waals surface area (Å²) in [7, 11) is 0. The van der Waals surface area contributed by atoms with E-state index in [1.54, 1.807) is 22.7 Å². The van der Waals surface area contributed by atoms with Crippen LogP contribution >= 0.6 is 22.7 Å². The molecule has 21 heavy (non-hydrogen) atoms. The number of thiazole rings is 1. The van der Waals surface area contributed by atoms with Crippen LogP contribution in [0.2, 0.25) is 0 Å². The minimum absolute atomic E-state index is 0.0748. The van der Waals surface area contributed by atoms with Crippen LogP contribution in [0.4, 0.5) is 0 Å². The molecule has 1 unspecified atom stereocenters. The number of aromatic nitrogens is 2. The van der Waals surface area contributed by atoms with Crippen molar-refractivity contribution in [2.45, 2.75) is 12.5 Å². The van der Waals surface area contributed by atoms with E-state index >= 15 is 0 Å². The molecule has 6 heteroatoms. The van der Waals surface area contributed by atoms with Crippen LogP contribution in [-0.2, 0) is 6.42 Å². The predicted octanol–water partition coefficient (Wildman–Crippen LogP) is 3.36. The van der Waals surface area contributed by atoms with E-state index in [0.29, 0.717) is 0 Å². The lowest BCUT2D eigenvalue weighted by molar-refractivity contribution is 0.552. The monoisotopic (exact) mass is 314 g/mol. The van der Waals surface area contributed by atoms with Gasteiger partial charge in [0.05, 0.1) is 11.7 Å². The summed E-state index contributed by atoms with van der Waals surface area (Å²) in [6.07, 6.45) is 4.89. The maximum absolute atomic E-state index is 5.80. The maximum atomic E-state index is 5.80. The molecule has 0 bridgehead atoms. The lowest BCUT2D eigenvalue weighted by Crippen LogP contribution is -2.29. The smallest absolute Gasteiger partial charge is 0.193 e. The fourth-order valence-electron chi connectivity index (χ4n) is 2.61.